The number of hydrogen-bond acceptors (Lipinski definition) is 3. The summed E-state index contributed by atoms with van der Waals surface area (Å²) >= 11 is 0. The third-order valence-electron chi connectivity index (χ3n) is 16.1. The molecular weight excluding hydrogens is 749 g/mol. The summed E-state index contributed by atoms with van der Waals surface area (Å²) in [4.78, 5) is 8.14. The van der Waals surface area contributed by atoms with E-state index in [0.29, 0.717) is 0 Å². The highest BCUT2D eigenvalue weighted by Crippen LogP contribution is 2.64. The highest BCUT2D eigenvalue weighted by atomic mass is 15.3. The van der Waals surface area contributed by atoms with Gasteiger partial charge in [-0.15, -0.1) is 0 Å². The number of allylic oxidation sites excluding steroid dienone is 1. The minimum absolute atomic E-state index is 0.00408. The highest BCUT2D eigenvalue weighted by molar-refractivity contribution is 7.03. The predicted molar refractivity (Wildman–Crippen MR) is 266 cm³/mol. The lowest BCUT2D eigenvalue weighted by Gasteiger charge is -2.53. The van der Waals surface area contributed by atoms with Gasteiger partial charge in [0.25, 0.3) is 6.71 Å². The van der Waals surface area contributed by atoms with Crippen LogP contribution in [-0.2, 0) is 21.7 Å². The number of rotatable bonds is 4. The Kier molecular flexibility index (Phi) is 8.28. The van der Waals surface area contributed by atoms with E-state index in [1.54, 1.807) is 5.56 Å². The summed E-state index contributed by atoms with van der Waals surface area (Å²) in [6.07, 6.45) is 4.86. The Bertz CT molecular complexity index is 2820. The average molecular weight is 812 g/mol. The molecule has 0 aromatic heterocycles. The molecule has 0 saturated heterocycles. The maximum absolute atomic E-state index is 2.90. The van der Waals surface area contributed by atoms with Gasteiger partial charge < -0.3 is 14.7 Å². The second-order valence-electron chi connectivity index (χ2n) is 22.2. The van der Waals surface area contributed by atoms with E-state index >= 15 is 0 Å². The van der Waals surface area contributed by atoms with Crippen LogP contribution in [0, 0.1) is 6.92 Å². The van der Waals surface area contributed by atoms with Crippen molar-refractivity contribution in [3.63, 3.8) is 0 Å². The van der Waals surface area contributed by atoms with Crippen LogP contribution in [-0.4, -0.2) is 12.3 Å². The zero-order valence-electron chi connectivity index (χ0n) is 38.9. The third-order valence-corrected chi connectivity index (χ3v) is 16.1. The van der Waals surface area contributed by atoms with Crippen molar-refractivity contribution in [2.24, 2.45) is 0 Å². The Labute approximate surface area is 371 Å². The largest absolute Gasteiger partial charge is 0.335 e. The van der Waals surface area contributed by atoms with E-state index in [4.69, 9.17) is 0 Å². The molecular formula is C58H62BN3. The normalized spacial score (nSPS) is 21.6. The van der Waals surface area contributed by atoms with Gasteiger partial charge in [-0.3, -0.25) is 0 Å². The molecule has 0 amide bonds. The smallest absolute Gasteiger partial charge is 0.252 e. The maximum Gasteiger partial charge on any atom is 0.252 e. The summed E-state index contributed by atoms with van der Waals surface area (Å²) in [5.41, 5.74) is 22.9. The molecule has 11 rings (SSSR count). The fourth-order valence-corrected chi connectivity index (χ4v) is 12.6. The molecule has 0 N–H and O–H groups in total. The van der Waals surface area contributed by atoms with Crippen LogP contribution in [0.2, 0.25) is 0 Å². The van der Waals surface area contributed by atoms with Gasteiger partial charge in [0.05, 0.1) is 11.2 Å². The molecule has 0 spiro atoms. The summed E-state index contributed by atoms with van der Waals surface area (Å²) in [5.74, 6) is 0. The summed E-state index contributed by atoms with van der Waals surface area (Å²) in [6, 6.07) is 49.1. The van der Waals surface area contributed by atoms with Gasteiger partial charge in [-0.05, 0) is 130 Å². The molecule has 3 nitrogen and oxygen atoms in total. The van der Waals surface area contributed by atoms with E-state index in [9.17, 15) is 0 Å². The van der Waals surface area contributed by atoms with Crippen LogP contribution in [0.3, 0.4) is 0 Å². The molecule has 5 aliphatic rings. The SMILES string of the molecule is Cc1cc(C(C)(C)C)ccc1N1C2=C(B3c4cc(C(C)(C)C)cc5c4N(c4cc(N(c6ccccc6)c6ccccc6)cc1c43)C1(C)CCCCC51C)c1ccccc1C2(C)C. The Hall–Kier alpha value is -5.48. The highest BCUT2D eigenvalue weighted by Gasteiger charge is 2.63. The van der Waals surface area contributed by atoms with Crippen LogP contribution in [0.15, 0.2) is 133 Å². The number of hydrogen-bond donors (Lipinski definition) is 0. The van der Waals surface area contributed by atoms with Crippen LogP contribution in [0.4, 0.5) is 39.8 Å². The molecule has 6 aromatic carbocycles. The Morgan fingerprint density at radius 2 is 1.19 bits per heavy atom. The van der Waals surface area contributed by atoms with Crippen molar-refractivity contribution in [2.75, 3.05) is 14.7 Å². The molecule has 2 unspecified atom stereocenters. The lowest BCUT2D eigenvalue weighted by molar-refractivity contribution is 0.195. The van der Waals surface area contributed by atoms with Crippen molar-refractivity contribution >= 4 is 62.9 Å². The van der Waals surface area contributed by atoms with Gasteiger partial charge in [0, 0.05) is 50.7 Å². The molecule has 3 aliphatic heterocycles. The van der Waals surface area contributed by atoms with E-state index in [-0.39, 0.29) is 33.9 Å². The monoisotopic (exact) mass is 812 g/mol. The molecule has 2 atom stereocenters. The van der Waals surface area contributed by atoms with Gasteiger partial charge in [-0.1, -0.05) is 160 Å². The van der Waals surface area contributed by atoms with E-state index in [0.717, 1.165) is 17.8 Å². The molecule has 0 radical (unpaired) electrons. The Balaban J connectivity index is 1.32. The molecule has 1 fully saturated rings. The second kappa shape index (κ2) is 13.0. The second-order valence-corrected chi connectivity index (χ2v) is 22.2. The first kappa shape index (κ1) is 39.4. The molecule has 6 aromatic rings. The number of anilines is 7. The zero-order valence-corrected chi connectivity index (χ0v) is 38.9. The Morgan fingerprint density at radius 1 is 0.581 bits per heavy atom. The van der Waals surface area contributed by atoms with Gasteiger partial charge in [0.1, 0.15) is 0 Å². The lowest BCUT2D eigenvalue weighted by Crippen LogP contribution is -2.61. The Morgan fingerprint density at radius 3 is 1.84 bits per heavy atom. The van der Waals surface area contributed by atoms with E-state index in [2.05, 4.69) is 218 Å². The number of para-hydroxylation sites is 2. The minimum Gasteiger partial charge on any atom is -0.335 e. The predicted octanol–water partition coefficient (Wildman–Crippen LogP) is 14.1. The number of fused-ring (bicyclic) bond motifs is 8. The van der Waals surface area contributed by atoms with Crippen LogP contribution < -0.4 is 25.6 Å². The zero-order chi connectivity index (χ0) is 43.3. The molecule has 3 heterocycles. The summed E-state index contributed by atoms with van der Waals surface area (Å²) in [6.45, 7) is 26.9. The van der Waals surface area contributed by atoms with Gasteiger partial charge >= 0.3 is 0 Å². The third kappa shape index (κ3) is 5.25. The average Bonchev–Trinajstić information content (AvgIpc) is 3.60. The summed E-state index contributed by atoms with van der Waals surface area (Å²) in [5, 5.41) is 0. The fourth-order valence-electron chi connectivity index (χ4n) is 12.6. The molecule has 312 valence electrons. The van der Waals surface area contributed by atoms with Crippen molar-refractivity contribution in [2.45, 2.75) is 129 Å². The van der Waals surface area contributed by atoms with Crippen LogP contribution in [0.1, 0.15) is 128 Å². The first-order valence-electron chi connectivity index (χ1n) is 23.3. The van der Waals surface area contributed by atoms with E-state index in [1.807, 2.05) is 0 Å². The molecule has 1 saturated carbocycles. The topological polar surface area (TPSA) is 9.72 Å². The van der Waals surface area contributed by atoms with Gasteiger partial charge in [-0.2, -0.15) is 0 Å². The van der Waals surface area contributed by atoms with Gasteiger partial charge in [0.15, 0.2) is 0 Å². The van der Waals surface area contributed by atoms with Crippen molar-refractivity contribution in [3.05, 3.63) is 166 Å². The first-order chi connectivity index (χ1) is 29.4. The summed E-state index contributed by atoms with van der Waals surface area (Å²) in [7, 11) is 0. The molecule has 4 heteroatoms. The minimum atomic E-state index is -0.263. The van der Waals surface area contributed by atoms with Crippen molar-refractivity contribution in [1.29, 1.82) is 0 Å². The quantitative estimate of drug-likeness (QED) is 0.164. The molecule has 2 aliphatic carbocycles. The van der Waals surface area contributed by atoms with Crippen molar-refractivity contribution in [3.8, 4) is 0 Å². The number of benzene rings is 6. The molecule has 62 heavy (non-hydrogen) atoms. The van der Waals surface area contributed by atoms with E-state index in [1.165, 1.54) is 97.6 Å². The molecule has 0 bridgehead atoms. The van der Waals surface area contributed by atoms with E-state index < -0.39 is 0 Å². The number of aryl methyl sites for hydroxylation is 1. The van der Waals surface area contributed by atoms with Gasteiger partial charge in [-0.25, -0.2) is 0 Å². The van der Waals surface area contributed by atoms with Crippen LogP contribution >= 0.6 is 0 Å². The van der Waals surface area contributed by atoms with Crippen molar-refractivity contribution < 1.29 is 0 Å². The van der Waals surface area contributed by atoms with Gasteiger partial charge in [0.2, 0.25) is 0 Å². The van der Waals surface area contributed by atoms with Crippen molar-refractivity contribution in [1.82, 2.24) is 0 Å². The first-order valence-corrected chi connectivity index (χ1v) is 23.3. The summed E-state index contributed by atoms with van der Waals surface area (Å²) < 4.78 is 0. The number of nitrogens with zero attached hydrogens (tertiary/aromatic N) is 3. The van der Waals surface area contributed by atoms with Crippen LogP contribution in [0.25, 0.3) is 5.47 Å². The van der Waals surface area contributed by atoms with Crippen LogP contribution in [0.5, 0.6) is 0 Å². The maximum atomic E-state index is 2.90. The fraction of sp³-hybridized carbons (Fsp3) is 0.345. The standard InChI is InChI=1S/C58H62BN3/c1-37-32-38(54(2,3)4)28-29-47(37)61-48-35-42(60(40-22-14-12-15-23-40)41-24-16-13-17-25-41)36-49-51(48)59(50-43-26-18-19-27-44(43)56(8,9)53(50)61)46-34-39(55(5,6)7)33-45-52(46)62(49)58(11)31-21-20-30-57(45,58)10/h12-19,22-29,32-36H,20-21,30-31H2,1-11H3. The lowest BCUT2D eigenvalue weighted by atomic mass is 9.32.